The van der Waals surface area contributed by atoms with Crippen LogP contribution >= 0.6 is 11.3 Å². The van der Waals surface area contributed by atoms with Gasteiger partial charge >= 0.3 is 0 Å². The minimum atomic E-state index is -3.02. The second-order valence-corrected chi connectivity index (χ2v) is 7.35. The molecule has 1 aromatic heterocycles. The lowest BCUT2D eigenvalue weighted by Crippen LogP contribution is -2.48. The molecule has 1 unspecified atom stereocenters. The zero-order chi connectivity index (χ0) is 12.5. The van der Waals surface area contributed by atoms with Crippen LogP contribution in [0.2, 0.25) is 0 Å². The number of piperazine rings is 1. The monoisotopic (exact) mass is 274 g/mol. The first kappa shape index (κ1) is 13.0. The van der Waals surface area contributed by atoms with Crippen molar-refractivity contribution >= 4 is 21.4 Å². The third-order valence-electron chi connectivity index (χ3n) is 3.24. The Balaban J connectivity index is 1.96. The van der Waals surface area contributed by atoms with E-state index < -0.39 is 10.0 Å². The van der Waals surface area contributed by atoms with E-state index in [4.69, 9.17) is 0 Å². The summed E-state index contributed by atoms with van der Waals surface area (Å²) >= 11 is 1.76. The fraction of sp³-hybridized carbons (Fsp3) is 0.636. The van der Waals surface area contributed by atoms with Crippen LogP contribution in [0.3, 0.4) is 0 Å². The van der Waals surface area contributed by atoms with Gasteiger partial charge in [0.25, 0.3) is 0 Å². The lowest BCUT2D eigenvalue weighted by atomic mass is 10.2. The quantitative estimate of drug-likeness (QED) is 0.836. The van der Waals surface area contributed by atoms with Gasteiger partial charge < -0.3 is 0 Å². The lowest BCUT2D eigenvalue weighted by molar-refractivity contribution is 0.148. The summed E-state index contributed by atoms with van der Waals surface area (Å²) in [7, 11) is -3.02. The van der Waals surface area contributed by atoms with Crippen molar-refractivity contribution in [1.82, 2.24) is 9.21 Å². The van der Waals surface area contributed by atoms with E-state index in [2.05, 4.69) is 29.3 Å². The minimum absolute atomic E-state index is 0.386. The van der Waals surface area contributed by atoms with E-state index in [0.29, 0.717) is 19.1 Å². The van der Waals surface area contributed by atoms with Crippen molar-refractivity contribution in [3.8, 4) is 0 Å². The highest BCUT2D eigenvalue weighted by Crippen LogP contribution is 2.25. The van der Waals surface area contributed by atoms with Gasteiger partial charge in [-0.15, -0.1) is 11.3 Å². The van der Waals surface area contributed by atoms with Gasteiger partial charge in [0.1, 0.15) is 0 Å². The number of sulfonamides is 1. The molecule has 0 saturated carbocycles. The van der Waals surface area contributed by atoms with Gasteiger partial charge in [-0.05, 0) is 18.4 Å². The van der Waals surface area contributed by atoms with Gasteiger partial charge in [-0.25, -0.2) is 8.42 Å². The highest BCUT2D eigenvalue weighted by atomic mass is 32.2. The second-order valence-electron chi connectivity index (χ2n) is 4.39. The van der Waals surface area contributed by atoms with E-state index in [0.717, 1.165) is 13.1 Å². The predicted molar refractivity (Wildman–Crippen MR) is 70.7 cm³/mol. The topological polar surface area (TPSA) is 40.6 Å². The van der Waals surface area contributed by atoms with Gasteiger partial charge in [-0.3, -0.25) is 4.90 Å². The van der Waals surface area contributed by atoms with E-state index in [-0.39, 0.29) is 0 Å². The van der Waals surface area contributed by atoms with Gasteiger partial charge in [0.15, 0.2) is 0 Å². The molecule has 1 aromatic rings. The number of thiophene rings is 1. The van der Waals surface area contributed by atoms with Crippen LogP contribution in [0.25, 0.3) is 0 Å². The summed E-state index contributed by atoms with van der Waals surface area (Å²) in [6.07, 6.45) is 1.28. The normalized spacial score (nSPS) is 21.5. The first-order chi connectivity index (χ1) is 7.98. The van der Waals surface area contributed by atoms with Crippen molar-refractivity contribution in [2.75, 3.05) is 32.4 Å². The third-order valence-corrected chi connectivity index (χ3v) is 5.59. The molecule has 0 amide bonds. The highest BCUT2D eigenvalue weighted by Gasteiger charge is 2.26. The summed E-state index contributed by atoms with van der Waals surface area (Å²) in [4.78, 5) is 3.69. The number of nitrogens with zero attached hydrogens (tertiary/aromatic N) is 2. The molecule has 1 aliphatic heterocycles. The average molecular weight is 274 g/mol. The Hall–Kier alpha value is -0.430. The van der Waals surface area contributed by atoms with Crippen molar-refractivity contribution in [3.05, 3.63) is 22.4 Å². The van der Waals surface area contributed by atoms with Gasteiger partial charge in [0.05, 0.1) is 6.26 Å². The maximum atomic E-state index is 11.4. The zero-order valence-electron chi connectivity index (χ0n) is 10.2. The average Bonchev–Trinajstić information content (AvgIpc) is 2.80. The molecule has 2 heterocycles. The summed E-state index contributed by atoms with van der Waals surface area (Å²) in [5.41, 5.74) is 0. The van der Waals surface area contributed by atoms with Crippen LogP contribution in [0.1, 0.15) is 17.8 Å². The standard InChI is InChI=1S/C11H18N2O2S2/c1-10(11-4-3-9-16-11)12-5-7-13(8-6-12)17(2,14)15/h3-4,9-10H,5-8H2,1-2H3. The predicted octanol–water partition coefficient (Wildman–Crippen LogP) is 1.39. The Labute approximate surface area is 107 Å². The van der Waals surface area contributed by atoms with E-state index in [1.54, 1.807) is 15.6 Å². The zero-order valence-corrected chi connectivity index (χ0v) is 11.8. The molecule has 6 heteroatoms. The maximum Gasteiger partial charge on any atom is 0.211 e. The molecule has 1 aliphatic rings. The summed E-state index contributed by atoms with van der Waals surface area (Å²) in [6, 6.07) is 4.58. The van der Waals surface area contributed by atoms with Crippen LogP contribution in [-0.4, -0.2) is 50.1 Å². The number of hydrogen-bond acceptors (Lipinski definition) is 4. The van der Waals surface area contributed by atoms with Crippen LogP contribution in [0.15, 0.2) is 17.5 Å². The van der Waals surface area contributed by atoms with Gasteiger partial charge in [0.2, 0.25) is 10.0 Å². The fourth-order valence-electron chi connectivity index (χ4n) is 2.13. The van der Waals surface area contributed by atoms with Gasteiger partial charge in [0, 0.05) is 37.1 Å². The molecule has 2 rings (SSSR count). The molecular formula is C11H18N2O2S2. The van der Waals surface area contributed by atoms with Crippen molar-refractivity contribution in [2.24, 2.45) is 0 Å². The molecule has 4 nitrogen and oxygen atoms in total. The summed E-state index contributed by atoms with van der Waals surface area (Å²) in [5, 5.41) is 2.08. The molecule has 0 N–H and O–H groups in total. The Kier molecular flexibility index (Phi) is 3.87. The van der Waals surface area contributed by atoms with Gasteiger partial charge in [-0.1, -0.05) is 6.07 Å². The van der Waals surface area contributed by atoms with Crippen molar-refractivity contribution in [3.63, 3.8) is 0 Å². The Morgan fingerprint density at radius 2 is 1.94 bits per heavy atom. The molecule has 1 saturated heterocycles. The molecule has 1 fully saturated rings. The van der Waals surface area contributed by atoms with Gasteiger partial charge in [-0.2, -0.15) is 4.31 Å². The van der Waals surface area contributed by atoms with Crippen LogP contribution in [0.4, 0.5) is 0 Å². The Morgan fingerprint density at radius 1 is 1.29 bits per heavy atom. The molecule has 0 aliphatic carbocycles. The lowest BCUT2D eigenvalue weighted by Gasteiger charge is -2.36. The van der Waals surface area contributed by atoms with Crippen LogP contribution in [0, 0.1) is 0 Å². The van der Waals surface area contributed by atoms with E-state index in [9.17, 15) is 8.42 Å². The van der Waals surface area contributed by atoms with Crippen molar-refractivity contribution < 1.29 is 8.42 Å². The molecule has 17 heavy (non-hydrogen) atoms. The minimum Gasteiger partial charge on any atom is -0.293 e. The maximum absolute atomic E-state index is 11.4. The van der Waals surface area contributed by atoms with Crippen molar-refractivity contribution in [1.29, 1.82) is 0 Å². The molecule has 0 bridgehead atoms. The highest BCUT2D eigenvalue weighted by molar-refractivity contribution is 7.88. The van der Waals surface area contributed by atoms with E-state index in [1.807, 2.05) is 0 Å². The summed E-state index contributed by atoms with van der Waals surface area (Å²) < 4.78 is 24.4. The Bertz CT molecular complexity index is 448. The summed E-state index contributed by atoms with van der Waals surface area (Å²) in [5.74, 6) is 0. The van der Waals surface area contributed by atoms with E-state index >= 15 is 0 Å². The first-order valence-electron chi connectivity index (χ1n) is 5.71. The van der Waals surface area contributed by atoms with Crippen molar-refractivity contribution in [2.45, 2.75) is 13.0 Å². The molecule has 0 radical (unpaired) electrons. The fourth-order valence-corrected chi connectivity index (χ4v) is 3.78. The van der Waals surface area contributed by atoms with Crippen LogP contribution in [-0.2, 0) is 10.0 Å². The molecule has 1 atom stereocenters. The third kappa shape index (κ3) is 3.07. The van der Waals surface area contributed by atoms with E-state index in [1.165, 1.54) is 11.1 Å². The Morgan fingerprint density at radius 3 is 2.41 bits per heavy atom. The molecule has 96 valence electrons. The molecule has 0 aromatic carbocycles. The molecule has 0 spiro atoms. The number of hydrogen-bond donors (Lipinski definition) is 0. The number of rotatable bonds is 3. The van der Waals surface area contributed by atoms with Crippen LogP contribution < -0.4 is 0 Å². The smallest absolute Gasteiger partial charge is 0.211 e. The van der Waals surface area contributed by atoms with Crippen LogP contribution in [0.5, 0.6) is 0 Å². The first-order valence-corrected chi connectivity index (χ1v) is 8.44. The SMILES string of the molecule is CC(c1cccs1)N1CCN(S(C)(=O)=O)CC1. The molecular weight excluding hydrogens is 256 g/mol. The summed E-state index contributed by atoms with van der Waals surface area (Å²) in [6.45, 7) is 5.02. The second kappa shape index (κ2) is 5.06. The largest absolute Gasteiger partial charge is 0.293 e.